The monoisotopic (exact) mass is 611 g/mol. The SMILES string of the molecule is COCCS(=O)(=O)Nc1ccc(C(=O)Nc2cc(C#N)nc(N3CCC(F)(F)CC3)n2)c(N2CCC(=C(F)F)CC2)c1. The molecule has 4 rings (SSSR count). The summed E-state index contributed by atoms with van der Waals surface area (Å²) >= 11 is 0. The predicted molar refractivity (Wildman–Crippen MR) is 148 cm³/mol. The topological polar surface area (TPSA) is 141 Å². The Morgan fingerprint density at radius 2 is 1.79 bits per heavy atom. The Morgan fingerprint density at radius 3 is 2.40 bits per heavy atom. The largest absolute Gasteiger partial charge is 0.384 e. The Kier molecular flexibility index (Phi) is 9.52. The molecule has 0 spiro atoms. The normalized spacial score (nSPS) is 17.0. The van der Waals surface area contributed by atoms with Crippen molar-refractivity contribution in [2.24, 2.45) is 0 Å². The van der Waals surface area contributed by atoms with Gasteiger partial charge in [0.05, 0.1) is 29.3 Å². The van der Waals surface area contributed by atoms with Crippen LogP contribution in [-0.4, -0.2) is 75.9 Å². The molecule has 2 saturated heterocycles. The molecule has 11 nitrogen and oxygen atoms in total. The van der Waals surface area contributed by atoms with E-state index in [4.69, 9.17) is 4.74 Å². The molecule has 3 heterocycles. The van der Waals surface area contributed by atoms with Gasteiger partial charge in [-0.25, -0.2) is 22.2 Å². The number of nitrogens with zero attached hydrogens (tertiary/aromatic N) is 5. The molecule has 2 aliphatic rings. The first-order chi connectivity index (χ1) is 19.9. The van der Waals surface area contributed by atoms with Gasteiger partial charge in [0, 0.05) is 52.2 Å². The minimum absolute atomic E-state index is 0.0155. The second-order valence-electron chi connectivity index (χ2n) is 9.84. The van der Waals surface area contributed by atoms with E-state index < -0.39 is 40.8 Å². The minimum Gasteiger partial charge on any atom is -0.384 e. The van der Waals surface area contributed by atoms with Crippen molar-refractivity contribution < 1.29 is 35.5 Å². The minimum atomic E-state index is -3.78. The molecule has 1 amide bonds. The zero-order valence-corrected chi connectivity index (χ0v) is 23.5. The lowest BCUT2D eigenvalue weighted by Gasteiger charge is -2.32. The van der Waals surface area contributed by atoms with Crippen molar-refractivity contribution in [1.29, 1.82) is 5.26 Å². The Balaban J connectivity index is 1.62. The molecule has 0 unspecified atom stereocenters. The number of benzene rings is 1. The Bertz CT molecular complexity index is 1490. The van der Waals surface area contributed by atoms with Crippen LogP contribution in [0.25, 0.3) is 0 Å². The lowest BCUT2D eigenvalue weighted by Crippen LogP contribution is -2.40. The molecule has 2 aliphatic heterocycles. The van der Waals surface area contributed by atoms with Gasteiger partial charge in [-0.3, -0.25) is 9.52 Å². The van der Waals surface area contributed by atoms with Gasteiger partial charge in [-0.2, -0.15) is 19.0 Å². The van der Waals surface area contributed by atoms with E-state index in [1.54, 1.807) is 4.90 Å². The second-order valence-corrected chi connectivity index (χ2v) is 11.7. The number of nitriles is 1. The van der Waals surface area contributed by atoms with E-state index in [-0.39, 0.29) is 85.7 Å². The number of carbonyl (C=O) groups excluding carboxylic acids is 1. The Labute approximate surface area is 240 Å². The highest BCUT2D eigenvalue weighted by Gasteiger charge is 2.35. The van der Waals surface area contributed by atoms with Crippen LogP contribution in [0.15, 0.2) is 35.9 Å². The van der Waals surface area contributed by atoms with E-state index in [1.807, 2.05) is 6.07 Å². The van der Waals surface area contributed by atoms with Crippen LogP contribution in [0, 0.1) is 11.3 Å². The maximum atomic E-state index is 13.6. The van der Waals surface area contributed by atoms with Crippen molar-refractivity contribution in [3.05, 3.63) is 47.2 Å². The fourth-order valence-corrected chi connectivity index (χ4v) is 5.57. The number of methoxy groups -OCH3 is 1. The fourth-order valence-electron chi connectivity index (χ4n) is 4.59. The molecule has 0 atom stereocenters. The Morgan fingerprint density at radius 1 is 1.10 bits per heavy atom. The summed E-state index contributed by atoms with van der Waals surface area (Å²) in [6.07, 6.45) is -2.43. The number of sulfonamides is 1. The molecule has 0 radical (unpaired) electrons. The summed E-state index contributed by atoms with van der Waals surface area (Å²) in [5, 5.41) is 12.1. The molecule has 1 aromatic heterocycles. The van der Waals surface area contributed by atoms with Crippen molar-refractivity contribution in [3.63, 3.8) is 0 Å². The number of ether oxygens (including phenoxy) is 1. The summed E-state index contributed by atoms with van der Waals surface area (Å²) in [7, 11) is -2.41. The number of amides is 1. The van der Waals surface area contributed by atoms with E-state index in [1.165, 1.54) is 36.3 Å². The van der Waals surface area contributed by atoms with Gasteiger partial charge >= 0.3 is 0 Å². The van der Waals surface area contributed by atoms with E-state index in [9.17, 15) is 36.0 Å². The average molecular weight is 612 g/mol. The van der Waals surface area contributed by atoms with Crippen molar-refractivity contribution in [2.75, 3.05) is 65.5 Å². The van der Waals surface area contributed by atoms with Crippen molar-refractivity contribution >= 4 is 39.1 Å². The van der Waals surface area contributed by atoms with Gasteiger partial charge in [-0.15, -0.1) is 0 Å². The van der Waals surface area contributed by atoms with Crippen molar-refractivity contribution in [1.82, 2.24) is 9.97 Å². The van der Waals surface area contributed by atoms with Crippen LogP contribution in [-0.2, 0) is 14.8 Å². The molecular weight excluding hydrogens is 582 g/mol. The van der Waals surface area contributed by atoms with Crippen LogP contribution in [0.5, 0.6) is 0 Å². The Hall–Kier alpha value is -3.97. The van der Waals surface area contributed by atoms with Crippen LogP contribution in [0.1, 0.15) is 41.7 Å². The number of alkyl halides is 2. The maximum Gasteiger partial charge on any atom is 0.269 e. The van der Waals surface area contributed by atoms with Gasteiger partial charge in [-0.05, 0) is 36.6 Å². The molecular formula is C26H29F4N7O4S. The first kappa shape index (κ1) is 31.0. The first-order valence-corrected chi connectivity index (χ1v) is 14.7. The molecule has 2 N–H and O–H groups in total. The van der Waals surface area contributed by atoms with Crippen molar-refractivity contribution in [3.8, 4) is 6.07 Å². The first-order valence-electron chi connectivity index (χ1n) is 13.0. The van der Waals surface area contributed by atoms with Crippen LogP contribution < -0.4 is 19.8 Å². The third kappa shape index (κ3) is 7.85. The summed E-state index contributed by atoms with van der Waals surface area (Å²) in [6, 6.07) is 7.33. The lowest BCUT2D eigenvalue weighted by molar-refractivity contribution is -0.0222. The fraction of sp³-hybridized carbons (Fsp3) is 0.462. The molecule has 42 heavy (non-hydrogen) atoms. The highest BCUT2D eigenvalue weighted by molar-refractivity contribution is 7.92. The van der Waals surface area contributed by atoms with Crippen molar-refractivity contribution in [2.45, 2.75) is 31.6 Å². The molecule has 0 aliphatic carbocycles. The van der Waals surface area contributed by atoms with E-state index in [0.29, 0.717) is 5.69 Å². The van der Waals surface area contributed by atoms with Crippen LogP contribution in [0.2, 0.25) is 0 Å². The molecule has 2 fully saturated rings. The van der Waals surface area contributed by atoms with Gasteiger partial charge in [0.1, 0.15) is 17.6 Å². The summed E-state index contributed by atoms with van der Waals surface area (Å²) in [6.45, 7) is 0.202. The summed E-state index contributed by atoms with van der Waals surface area (Å²) in [5.74, 6) is -3.81. The number of hydrogen-bond donors (Lipinski definition) is 2. The molecule has 16 heteroatoms. The molecule has 0 saturated carbocycles. The van der Waals surface area contributed by atoms with Crippen LogP contribution >= 0.6 is 0 Å². The second kappa shape index (κ2) is 12.9. The van der Waals surface area contributed by atoms with Crippen LogP contribution in [0.3, 0.4) is 0 Å². The number of carbonyl (C=O) groups is 1. The molecule has 226 valence electrons. The van der Waals surface area contributed by atoms with Gasteiger partial charge in [0.25, 0.3) is 17.9 Å². The zero-order chi connectivity index (χ0) is 30.5. The maximum absolute atomic E-state index is 13.6. The van der Waals surface area contributed by atoms with Crippen LogP contribution in [0.4, 0.5) is 40.7 Å². The smallest absolute Gasteiger partial charge is 0.269 e. The number of hydrogen-bond acceptors (Lipinski definition) is 9. The number of piperidine rings is 2. The van der Waals surface area contributed by atoms with E-state index in [0.717, 1.165) is 0 Å². The zero-order valence-electron chi connectivity index (χ0n) is 22.7. The average Bonchev–Trinajstić information content (AvgIpc) is 2.95. The summed E-state index contributed by atoms with van der Waals surface area (Å²) in [5.41, 5.74) is 0.484. The van der Waals surface area contributed by atoms with Gasteiger partial charge in [-0.1, -0.05) is 0 Å². The molecule has 1 aromatic carbocycles. The third-order valence-corrected chi connectivity index (χ3v) is 8.15. The lowest BCUT2D eigenvalue weighted by atomic mass is 10.0. The van der Waals surface area contributed by atoms with Gasteiger partial charge in [0.2, 0.25) is 16.0 Å². The molecule has 2 aromatic rings. The number of aromatic nitrogens is 2. The number of anilines is 4. The van der Waals surface area contributed by atoms with E-state index in [2.05, 4.69) is 20.0 Å². The molecule has 0 bridgehead atoms. The highest BCUT2D eigenvalue weighted by atomic mass is 32.2. The summed E-state index contributed by atoms with van der Waals surface area (Å²) < 4.78 is 85.7. The number of halogens is 4. The van der Waals surface area contributed by atoms with Gasteiger partial charge < -0.3 is 19.9 Å². The summed E-state index contributed by atoms with van der Waals surface area (Å²) in [4.78, 5) is 25.0. The highest BCUT2D eigenvalue weighted by Crippen LogP contribution is 2.32. The van der Waals surface area contributed by atoms with E-state index >= 15 is 0 Å². The number of rotatable bonds is 9. The third-order valence-electron chi connectivity index (χ3n) is 6.90. The predicted octanol–water partition coefficient (Wildman–Crippen LogP) is 3.97. The quantitative estimate of drug-likeness (QED) is 0.403. The van der Waals surface area contributed by atoms with Gasteiger partial charge in [0.15, 0.2) is 0 Å². The number of nitrogens with one attached hydrogen (secondary N) is 2. The standard InChI is InChI=1S/C26H29F4N7O4S/c1-41-12-13-42(39,40)35-18-2-3-20(21(14-18)36-8-4-17(5-9-36)23(27)28)24(38)33-22-15-19(16-31)32-25(34-22)37-10-6-26(29,30)7-11-37/h2-3,14-15,35H,4-13H2,1H3,(H,32,33,34,38).